The third-order valence-electron chi connectivity index (χ3n) is 4.04. The Morgan fingerprint density at radius 3 is 2.55 bits per heavy atom. The Kier molecular flexibility index (Phi) is 4.36. The first-order valence-electron chi connectivity index (χ1n) is 6.87. The lowest BCUT2D eigenvalue weighted by Gasteiger charge is -2.34. The van der Waals surface area contributed by atoms with E-state index in [0.717, 1.165) is 12.8 Å². The largest absolute Gasteiger partial charge is 0.398 e. The fraction of sp³-hybridized carbons (Fsp3) is 0.571. The second-order valence-corrected chi connectivity index (χ2v) is 7.37. The Morgan fingerprint density at radius 1 is 1.30 bits per heavy atom. The van der Waals surface area contributed by atoms with Gasteiger partial charge < -0.3 is 10.8 Å². The van der Waals surface area contributed by atoms with Gasteiger partial charge in [0.25, 0.3) is 0 Å². The quantitative estimate of drug-likeness (QED) is 0.828. The van der Waals surface area contributed by atoms with Gasteiger partial charge in [0.1, 0.15) is 4.90 Å². The number of sulfonamides is 1. The van der Waals surface area contributed by atoms with Crippen molar-refractivity contribution < 1.29 is 13.5 Å². The van der Waals surface area contributed by atoms with E-state index < -0.39 is 16.1 Å². The number of hydrogen-bond donors (Lipinski definition) is 2. The maximum absolute atomic E-state index is 12.8. The summed E-state index contributed by atoms with van der Waals surface area (Å²) in [5.74, 6) is 0. The minimum atomic E-state index is -3.68. The summed E-state index contributed by atoms with van der Waals surface area (Å²) in [5.41, 5.74) is 6.72. The van der Waals surface area contributed by atoms with Crippen molar-refractivity contribution >= 4 is 15.7 Å². The van der Waals surface area contributed by atoms with E-state index >= 15 is 0 Å². The number of aliphatic hydroxyl groups is 1. The van der Waals surface area contributed by atoms with E-state index in [4.69, 9.17) is 5.73 Å². The smallest absolute Gasteiger partial charge is 0.245 e. The summed E-state index contributed by atoms with van der Waals surface area (Å²) in [4.78, 5) is 0.153. The number of likely N-dealkylation sites (N-methyl/N-ethyl adjacent to an activating group) is 1. The molecule has 0 aromatic heterocycles. The Morgan fingerprint density at radius 2 is 1.95 bits per heavy atom. The molecule has 1 aromatic rings. The Labute approximate surface area is 120 Å². The molecule has 20 heavy (non-hydrogen) atoms. The predicted molar refractivity (Wildman–Crippen MR) is 78.8 cm³/mol. The molecular formula is C14H22N2O3S. The molecule has 6 heteroatoms. The minimum absolute atomic E-state index is 0.153. The van der Waals surface area contributed by atoms with Crippen LogP contribution in [0.1, 0.15) is 31.2 Å². The lowest BCUT2D eigenvalue weighted by atomic mass is 9.93. The van der Waals surface area contributed by atoms with Crippen molar-refractivity contribution in [3.8, 4) is 0 Å². The summed E-state index contributed by atoms with van der Waals surface area (Å²) in [7, 11) is -2.16. The van der Waals surface area contributed by atoms with Crippen molar-refractivity contribution in [2.75, 3.05) is 12.8 Å². The number of benzene rings is 1. The van der Waals surface area contributed by atoms with Crippen LogP contribution in [0.4, 0.5) is 5.69 Å². The normalized spacial score (nSPS) is 24.0. The van der Waals surface area contributed by atoms with Crippen LogP contribution in [-0.2, 0) is 10.0 Å². The average Bonchev–Trinajstić information content (AvgIpc) is 2.38. The number of hydrogen-bond acceptors (Lipinski definition) is 4. The molecule has 1 aliphatic carbocycles. The fourth-order valence-electron chi connectivity index (χ4n) is 2.87. The number of nitrogens with two attached hydrogens (primary N) is 1. The van der Waals surface area contributed by atoms with Crippen molar-refractivity contribution in [1.29, 1.82) is 0 Å². The maximum atomic E-state index is 12.8. The molecule has 2 atom stereocenters. The number of rotatable bonds is 3. The van der Waals surface area contributed by atoms with Crippen LogP contribution in [0.25, 0.3) is 0 Å². The summed E-state index contributed by atoms with van der Waals surface area (Å²) in [6.07, 6.45) is 2.60. The van der Waals surface area contributed by atoms with Crippen LogP contribution in [-0.4, -0.2) is 37.0 Å². The van der Waals surface area contributed by atoms with Gasteiger partial charge in [-0.1, -0.05) is 25.0 Å². The number of anilines is 1. The van der Waals surface area contributed by atoms with Crippen LogP contribution in [0.15, 0.2) is 23.1 Å². The molecule has 0 spiro atoms. The third kappa shape index (κ3) is 2.68. The molecule has 112 valence electrons. The SMILES string of the molecule is Cc1cccc(N)c1S(=O)(=O)N(C)C1CCCCC1O. The van der Waals surface area contributed by atoms with Crippen molar-refractivity contribution in [2.45, 2.75) is 49.6 Å². The maximum Gasteiger partial charge on any atom is 0.245 e. The highest BCUT2D eigenvalue weighted by Gasteiger charge is 2.35. The molecule has 2 rings (SSSR count). The molecule has 1 saturated carbocycles. The van der Waals surface area contributed by atoms with Crippen molar-refractivity contribution in [2.24, 2.45) is 0 Å². The van der Waals surface area contributed by atoms with Gasteiger partial charge in [0.05, 0.1) is 17.8 Å². The lowest BCUT2D eigenvalue weighted by Crippen LogP contribution is -2.46. The van der Waals surface area contributed by atoms with Gasteiger partial charge in [0, 0.05) is 7.05 Å². The zero-order valence-corrected chi connectivity index (χ0v) is 12.7. The van der Waals surface area contributed by atoms with Crippen LogP contribution in [0.2, 0.25) is 0 Å². The van der Waals surface area contributed by atoms with Crippen LogP contribution >= 0.6 is 0 Å². The molecule has 0 amide bonds. The van der Waals surface area contributed by atoms with Crippen molar-refractivity contribution in [3.05, 3.63) is 23.8 Å². The molecule has 0 bridgehead atoms. The van der Waals surface area contributed by atoms with E-state index in [1.807, 2.05) is 0 Å². The first-order chi connectivity index (χ1) is 9.35. The van der Waals surface area contributed by atoms with E-state index in [1.165, 1.54) is 11.4 Å². The molecule has 1 aliphatic rings. The predicted octanol–water partition coefficient (Wildman–Crippen LogP) is 1.50. The van der Waals surface area contributed by atoms with E-state index in [9.17, 15) is 13.5 Å². The van der Waals surface area contributed by atoms with E-state index in [-0.39, 0.29) is 16.6 Å². The Hall–Kier alpha value is -1.11. The Balaban J connectivity index is 2.39. The summed E-state index contributed by atoms with van der Waals surface area (Å²) >= 11 is 0. The molecule has 0 aliphatic heterocycles. The standard InChI is InChI=1S/C14H22N2O3S/c1-10-6-5-7-11(15)14(10)20(18,19)16(2)12-8-3-4-9-13(12)17/h5-7,12-13,17H,3-4,8-9,15H2,1-2H3. The number of aliphatic hydroxyl groups excluding tert-OH is 1. The van der Waals surface area contributed by atoms with E-state index in [2.05, 4.69) is 0 Å². The van der Waals surface area contributed by atoms with Gasteiger partial charge in [-0.3, -0.25) is 0 Å². The fourth-order valence-corrected chi connectivity index (χ4v) is 4.60. The lowest BCUT2D eigenvalue weighted by molar-refractivity contribution is 0.0638. The number of nitrogens with zero attached hydrogens (tertiary/aromatic N) is 1. The van der Waals surface area contributed by atoms with Crippen LogP contribution in [0.5, 0.6) is 0 Å². The first-order valence-corrected chi connectivity index (χ1v) is 8.31. The van der Waals surface area contributed by atoms with Gasteiger partial charge in [-0.2, -0.15) is 4.31 Å². The van der Waals surface area contributed by atoms with Gasteiger partial charge in [-0.25, -0.2) is 8.42 Å². The molecule has 1 fully saturated rings. The number of aryl methyl sites for hydroxylation is 1. The van der Waals surface area contributed by atoms with Crippen molar-refractivity contribution in [3.63, 3.8) is 0 Å². The van der Waals surface area contributed by atoms with Gasteiger partial charge in [-0.05, 0) is 31.4 Å². The molecule has 0 saturated heterocycles. The number of nitrogen functional groups attached to an aromatic ring is 1. The molecule has 0 heterocycles. The third-order valence-corrected chi connectivity index (χ3v) is 6.14. The van der Waals surface area contributed by atoms with Gasteiger partial charge >= 0.3 is 0 Å². The van der Waals surface area contributed by atoms with Gasteiger partial charge in [0.2, 0.25) is 10.0 Å². The molecule has 2 unspecified atom stereocenters. The summed E-state index contributed by atoms with van der Waals surface area (Å²) in [5, 5.41) is 10.1. The molecule has 0 radical (unpaired) electrons. The first kappa shape index (κ1) is 15.3. The second-order valence-electron chi connectivity index (χ2n) is 5.43. The molecule has 1 aromatic carbocycles. The van der Waals surface area contributed by atoms with Gasteiger partial charge in [-0.15, -0.1) is 0 Å². The average molecular weight is 298 g/mol. The summed E-state index contributed by atoms with van der Waals surface area (Å²) in [6.45, 7) is 1.73. The zero-order valence-electron chi connectivity index (χ0n) is 11.9. The molecule has 5 nitrogen and oxygen atoms in total. The van der Waals surface area contributed by atoms with Crippen LogP contribution in [0.3, 0.4) is 0 Å². The van der Waals surface area contributed by atoms with Gasteiger partial charge in [0.15, 0.2) is 0 Å². The Bertz CT molecular complexity index is 566. The summed E-state index contributed by atoms with van der Waals surface area (Å²) in [6, 6.07) is 4.69. The highest BCUT2D eigenvalue weighted by atomic mass is 32.2. The van der Waals surface area contributed by atoms with E-state index in [1.54, 1.807) is 25.1 Å². The highest BCUT2D eigenvalue weighted by molar-refractivity contribution is 7.89. The van der Waals surface area contributed by atoms with Crippen molar-refractivity contribution in [1.82, 2.24) is 4.31 Å². The summed E-state index contributed by atoms with van der Waals surface area (Å²) < 4.78 is 26.8. The molecule has 3 N–H and O–H groups in total. The highest BCUT2D eigenvalue weighted by Crippen LogP contribution is 2.30. The van der Waals surface area contributed by atoms with Crippen LogP contribution in [0, 0.1) is 6.92 Å². The van der Waals surface area contributed by atoms with Crippen LogP contribution < -0.4 is 5.73 Å². The minimum Gasteiger partial charge on any atom is -0.398 e. The zero-order chi connectivity index (χ0) is 14.9. The second kappa shape index (κ2) is 5.71. The molecular weight excluding hydrogens is 276 g/mol. The monoisotopic (exact) mass is 298 g/mol. The van der Waals surface area contributed by atoms with E-state index in [0.29, 0.717) is 18.4 Å². The topological polar surface area (TPSA) is 83.6 Å².